The maximum absolute atomic E-state index is 13.2. The third-order valence-corrected chi connectivity index (χ3v) is 7.97. The lowest BCUT2D eigenvalue weighted by Gasteiger charge is -2.31. The number of carbonyl (C=O) groups excluding carboxylic acids is 3. The summed E-state index contributed by atoms with van der Waals surface area (Å²) in [7, 11) is 1.55. The summed E-state index contributed by atoms with van der Waals surface area (Å²) < 4.78 is 7.31. The molecule has 0 unspecified atom stereocenters. The smallest absolute Gasteiger partial charge is 0.322 e. The molecule has 1 aromatic heterocycles. The van der Waals surface area contributed by atoms with Crippen molar-refractivity contribution >= 4 is 28.7 Å². The third-order valence-electron chi connectivity index (χ3n) is 7.97. The largest absolute Gasteiger partial charge is 0.497 e. The fraction of sp³-hybridized carbons (Fsp3) is 0.267. The Hall–Kier alpha value is -4.66. The third kappa shape index (κ3) is 4.01. The monoisotopic (exact) mass is 521 g/mol. The van der Waals surface area contributed by atoms with Gasteiger partial charge in [-0.2, -0.15) is 5.10 Å². The predicted molar refractivity (Wildman–Crippen MR) is 144 cm³/mol. The van der Waals surface area contributed by atoms with Crippen LogP contribution in [-0.4, -0.2) is 46.2 Å². The van der Waals surface area contributed by atoms with E-state index < -0.39 is 17.5 Å². The second-order valence-corrected chi connectivity index (χ2v) is 10.6. The molecule has 3 heterocycles. The number of benzene rings is 3. The van der Waals surface area contributed by atoms with Gasteiger partial charge in [-0.25, -0.2) is 4.79 Å². The molecule has 4 amide bonds. The minimum atomic E-state index is -1.40. The Balaban J connectivity index is 1.18. The van der Waals surface area contributed by atoms with Crippen LogP contribution >= 0.6 is 0 Å². The van der Waals surface area contributed by atoms with Gasteiger partial charge in [0.2, 0.25) is 0 Å². The number of aromatic nitrogens is 2. The molecule has 39 heavy (non-hydrogen) atoms. The number of fused-ring (bicyclic) bond motifs is 2. The van der Waals surface area contributed by atoms with E-state index in [0.717, 1.165) is 40.1 Å². The van der Waals surface area contributed by atoms with E-state index >= 15 is 0 Å². The Labute approximate surface area is 224 Å². The van der Waals surface area contributed by atoms with Gasteiger partial charge in [0.15, 0.2) is 5.54 Å². The van der Waals surface area contributed by atoms with Crippen LogP contribution in [0.3, 0.4) is 0 Å². The van der Waals surface area contributed by atoms with Crippen molar-refractivity contribution in [3.05, 3.63) is 83.6 Å². The van der Waals surface area contributed by atoms with Crippen LogP contribution in [0, 0.1) is 5.92 Å². The average Bonchev–Trinajstić information content (AvgIpc) is 3.48. The van der Waals surface area contributed by atoms with Gasteiger partial charge >= 0.3 is 6.03 Å². The van der Waals surface area contributed by atoms with Gasteiger partial charge in [-0.05, 0) is 65.3 Å². The van der Waals surface area contributed by atoms with Crippen molar-refractivity contribution in [3.63, 3.8) is 0 Å². The highest BCUT2D eigenvalue weighted by Gasteiger charge is 2.50. The number of urea groups is 1. The van der Waals surface area contributed by atoms with Crippen LogP contribution in [-0.2, 0) is 23.4 Å². The van der Waals surface area contributed by atoms with Crippen LogP contribution in [0.15, 0.2) is 66.9 Å². The van der Waals surface area contributed by atoms with E-state index in [1.54, 1.807) is 18.1 Å². The van der Waals surface area contributed by atoms with Gasteiger partial charge in [-0.1, -0.05) is 36.4 Å². The van der Waals surface area contributed by atoms with Crippen molar-refractivity contribution in [1.82, 2.24) is 25.3 Å². The zero-order chi connectivity index (χ0) is 26.7. The van der Waals surface area contributed by atoms with Crippen molar-refractivity contribution < 1.29 is 19.1 Å². The Morgan fingerprint density at radius 3 is 2.51 bits per heavy atom. The number of imide groups is 1. The number of hydrogen-bond donors (Lipinski definition) is 2. The first-order chi connectivity index (χ1) is 18.9. The highest BCUT2D eigenvalue weighted by Crippen LogP contribution is 2.34. The molecular weight excluding hydrogens is 494 g/mol. The molecule has 1 saturated carbocycles. The number of hydrogen-bond acceptors (Lipinski definition) is 5. The first kappa shape index (κ1) is 23.5. The van der Waals surface area contributed by atoms with E-state index in [1.165, 1.54) is 12.8 Å². The Kier molecular flexibility index (Phi) is 5.23. The zero-order valence-electron chi connectivity index (χ0n) is 21.4. The summed E-state index contributed by atoms with van der Waals surface area (Å²) in [6.45, 7) is 1.31. The molecule has 3 aliphatic rings. The Morgan fingerprint density at radius 2 is 1.79 bits per heavy atom. The summed E-state index contributed by atoms with van der Waals surface area (Å²) in [5.41, 5.74) is 3.58. The van der Waals surface area contributed by atoms with Crippen LogP contribution in [0.4, 0.5) is 4.79 Å². The molecule has 2 aliphatic heterocycles. The minimum absolute atomic E-state index is 0.00584. The van der Waals surface area contributed by atoms with Crippen molar-refractivity contribution in [2.24, 2.45) is 5.92 Å². The predicted octanol–water partition coefficient (Wildman–Crippen LogP) is 3.81. The van der Waals surface area contributed by atoms with Crippen molar-refractivity contribution in [2.75, 3.05) is 13.7 Å². The second kappa shape index (κ2) is 8.69. The summed E-state index contributed by atoms with van der Waals surface area (Å²) in [4.78, 5) is 40.3. The van der Waals surface area contributed by atoms with Gasteiger partial charge in [0, 0.05) is 30.2 Å². The van der Waals surface area contributed by atoms with Gasteiger partial charge in [-0.3, -0.25) is 19.6 Å². The molecule has 0 radical (unpaired) electrons. The lowest BCUT2D eigenvalue weighted by molar-refractivity contribution is -0.124. The number of carbonyl (C=O) groups is 3. The SMILES string of the molecule is COc1ccc2c(c1)C(=O)N(C[C@@]1(c3ccc(-c4ccc5nn(CC6CC6)cc5c4)cc3)NC(=O)NC1=O)C2. The highest BCUT2D eigenvalue weighted by molar-refractivity contribution is 6.08. The van der Waals surface area contributed by atoms with E-state index in [2.05, 4.69) is 22.9 Å². The van der Waals surface area contributed by atoms with Crippen molar-refractivity contribution in [1.29, 1.82) is 0 Å². The average molecular weight is 522 g/mol. The summed E-state index contributed by atoms with van der Waals surface area (Å²) in [5, 5.41) is 10.9. The van der Waals surface area contributed by atoms with Gasteiger partial charge in [0.25, 0.3) is 11.8 Å². The molecule has 7 rings (SSSR count). The molecule has 0 spiro atoms. The lowest BCUT2D eigenvalue weighted by atomic mass is 9.88. The first-order valence-electron chi connectivity index (χ1n) is 13.1. The summed E-state index contributed by atoms with van der Waals surface area (Å²) in [5.74, 6) is 0.657. The van der Waals surface area contributed by atoms with Crippen LogP contribution < -0.4 is 15.4 Å². The number of nitrogens with one attached hydrogen (secondary N) is 2. The Bertz CT molecular complexity index is 1660. The summed E-state index contributed by atoms with van der Waals surface area (Å²) in [6.07, 6.45) is 4.66. The standard InChI is InChI=1S/C30H27N5O4/c1-39-24-10-6-21-15-34(27(36)25(21)13-24)17-30(28(37)31-29(38)32-30)23-8-4-19(5-9-23)20-7-11-26-22(12-20)16-35(33-26)14-18-2-3-18/h4-13,16,18H,2-3,14-15,17H2,1H3,(H2,31,32,37,38)/t30-/m0/s1. The number of rotatable bonds is 7. The summed E-state index contributed by atoms with van der Waals surface area (Å²) in [6, 6.07) is 18.6. The van der Waals surface area contributed by atoms with Crippen LogP contribution in [0.25, 0.3) is 22.0 Å². The molecule has 2 fully saturated rings. The van der Waals surface area contributed by atoms with E-state index in [9.17, 15) is 14.4 Å². The topological polar surface area (TPSA) is 106 Å². The van der Waals surface area contributed by atoms with Gasteiger partial charge in [0.05, 0.1) is 19.2 Å². The lowest BCUT2D eigenvalue weighted by Crippen LogP contribution is -2.52. The molecular formula is C30H27N5O4. The molecule has 9 nitrogen and oxygen atoms in total. The molecule has 196 valence electrons. The number of amides is 4. The number of nitrogens with zero attached hydrogens (tertiary/aromatic N) is 3. The van der Waals surface area contributed by atoms with Crippen LogP contribution in [0.2, 0.25) is 0 Å². The quantitative estimate of drug-likeness (QED) is 0.360. The van der Waals surface area contributed by atoms with E-state index in [4.69, 9.17) is 9.84 Å². The molecule has 1 aliphatic carbocycles. The first-order valence-corrected chi connectivity index (χ1v) is 13.1. The second-order valence-electron chi connectivity index (χ2n) is 10.6. The zero-order valence-corrected chi connectivity index (χ0v) is 21.4. The molecule has 4 aromatic rings. The van der Waals surface area contributed by atoms with Gasteiger partial charge in [0.1, 0.15) is 5.75 Å². The maximum atomic E-state index is 13.2. The number of methoxy groups -OCH3 is 1. The summed E-state index contributed by atoms with van der Waals surface area (Å²) >= 11 is 0. The van der Waals surface area contributed by atoms with Crippen LogP contribution in [0.1, 0.15) is 34.3 Å². The Morgan fingerprint density at radius 1 is 1.00 bits per heavy atom. The fourth-order valence-electron chi connectivity index (χ4n) is 5.64. The fourth-order valence-corrected chi connectivity index (χ4v) is 5.64. The van der Waals surface area contributed by atoms with Gasteiger partial charge in [-0.15, -0.1) is 0 Å². The molecule has 1 atom stereocenters. The normalized spacial score (nSPS) is 20.3. The molecule has 1 saturated heterocycles. The van der Waals surface area contributed by atoms with E-state index in [1.807, 2.05) is 53.2 Å². The van der Waals surface area contributed by atoms with Crippen molar-refractivity contribution in [2.45, 2.75) is 31.5 Å². The maximum Gasteiger partial charge on any atom is 0.322 e. The molecule has 2 N–H and O–H groups in total. The minimum Gasteiger partial charge on any atom is -0.497 e. The van der Waals surface area contributed by atoms with Crippen LogP contribution in [0.5, 0.6) is 5.75 Å². The number of ether oxygens (including phenoxy) is 1. The molecule has 0 bridgehead atoms. The molecule has 9 heteroatoms. The van der Waals surface area contributed by atoms with E-state index in [0.29, 0.717) is 23.4 Å². The van der Waals surface area contributed by atoms with E-state index in [-0.39, 0.29) is 12.5 Å². The van der Waals surface area contributed by atoms with Gasteiger partial charge < -0.3 is 15.0 Å². The highest BCUT2D eigenvalue weighted by atomic mass is 16.5. The molecule has 3 aromatic carbocycles. The van der Waals surface area contributed by atoms with Crippen molar-refractivity contribution in [3.8, 4) is 16.9 Å².